The first kappa shape index (κ1) is 29.1. The van der Waals surface area contributed by atoms with Crippen molar-refractivity contribution in [2.75, 3.05) is 19.3 Å². The molecule has 2 aliphatic rings. The quantitative estimate of drug-likeness (QED) is 0.172. The largest absolute Gasteiger partial charge is 0.396 e. The molecule has 0 spiro atoms. The second-order valence-electron chi connectivity index (χ2n) is 9.98. The van der Waals surface area contributed by atoms with Crippen LogP contribution < -0.4 is 0 Å². The molecule has 0 bridgehead atoms. The van der Waals surface area contributed by atoms with Crippen LogP contribution in [0.4, 0.5) is 0 Å². The van der Waals surface area contributed by atoms with Crippen LogP contribution in [-0.2, 0) is 32.1 Å². The van der Waals surface area contributed by atoms with E-state index in [1.807, 2.05) is 54.6 Å². The van der Waals surface area contributed by atoms with Gasteiger partial charge in [-0.25, -0.2) is 0 Å². The molecule has 2 fully saturated rings. The lowest BCUT2D eigenvalue weighted by atomic mass is 10.2. The van der Waals surface area contributed by atoms with Gasteiger partial charge < -0.3 is 4.43 Å². The molecule has 2 saturated heterocycles. The normalized spacial score (nSPS) is 19.5. The summed E-state index contributed by atoms with van der Waals surface area (Å²) in [5.74, 6) is 0.149. The van der Waals surface area contributed by atoms with E-state index in [-0.39, 0.29) is 11.8 Å². The van der Waals surface area contributed by atoms with Crippen molar-refractivity contribution in [1.82, 2.24) is 9.80 Å². The third-order valence-corrected chi connectivity index (χ3v) is 13.0. The first-order valence-electron chi connectivity index (χ1n) is 13.4. The summed E-state index contributed by atoms with van der Waals surface area (Å²) in [6.45, 7) is 4.13. The molecule has 0 N–H and O–H groups in total. The highest BCUT2D eigenvalue weighted by atomic mass is 32.2. The number of nitrogens with zero attached hydrogens (tertiary/aromatic N) is 4. The summed E-state index contributed by atoms with van der Waals surface area (Å²) in [5.41, 5.74) is 2.81. The van der Waals surface area contributed by atoms with Crippen LogP contribution in [0.3, 0.4) is 0 Å². The standard InChI is InChI=1S/C31H32N4O3S2Si/c1-3-19-35-28(37)29(40-31(35)33-32-30-34(2)27(36)20-39-30)38-41(21-24-13-7-4-8-14-24,22-25-15-9-5-10-16-25)23-26-17-11-6-12-18-26/h3-18,29H,1,19-23H2,2H3. The molecule has 3 aromatic rings. The van der Waals surface area contributed by atoms with E-state index in [9.17, 15) is 9.59 Å². The number of hydrogen-bond acceptors (Lipinski definition) is 7. The summed E-state index contributed by atoms with van der Waals surface area (Å²) >= 11 is 2.62. The van der Waals surface area contributed by atoms with E-state index in [4.69, 9.17) is 4.43 Å². The van der Waals surface area contributed by atoms with Gasteiger partial charge in [-0.15, -0.1) is 16.8 Å². The number of rotatable bonds is 11. The van der Waals surface area contributed by atoms with Crippen LogP contribution in [-0.4, -0.2) is 65.0 Å². The van der Waals surface area contributed by atoms with Gasteiger partial charge in [0, 0.05) is 13.6 Å². The first-order chi connectivity index (χ1) is 20.0. The molecule has 2 aliphatic heterocycles. The molecule has 2 heterocycles. The predicted molar refractivity (Wildman–Crippen MR) is 171 cm³/mol. The van der Waals surface area contributed by atoms with Crippen molar-refractivity contribution < 1.29 is 14.0 Å². The molecule has 2 amide bonds. The zero-order chi connectivity index (χ0) is 28.7. The zero-order valence-electron chi connectivity index (χ0n) is 22.9. The number of carbonyl (C=O) groups excluding carboxylic acids is 2. The summed E-state index contributed by atoms with van der Waals surface area (Å²) < 4.78 is 7.12. The maximum Gasteiger partial charge on any atom is 0.267 e. The fraction of sp³-hybridized carbons (Fsp3) is 0.226. The van der Waals surface area contributed by atoms with Gasteiger partial charge in [-0.2, -0.15) is 0 Å². The molecule has 210 valence electrons. The van der Waals surface area contributed by atoms with E-state index in [0.29, 0.717) is 22.6 Å². The molecule has 1 unspecified atom stereocenters. The molecule has 7 nitrogen and oxygen atoms in total. The van der Waals surface area contributed by atoms with Crippen molar-refractivity contribution in [3.05, 3.63) is 120 Å². The zero-order valence-corrected chi connectivity index (χ0v) is 25.5. The number of thioether (sulfide) groups is 2. The average molecular weight is 601 g/mol. The summed E-state index contributed by atoms with van der Waals surface area (Å²) in [7, 11) is -1.04. The van der Waals surface area contributed by atoms with Crippen molar-refractivity contribution in [3.8, 4) is 0 Å². The summed E-state index contributed by atoms with van der Waals surface area (Å²) in [6, 6.07) is 33.4. The van der Waals surface area contributed by atoms with E-state index < -0.39 is 13.8 Å². The number of carbonyl (C=O) groups is 2. The van der Waals surface area contributed by atoms with Crippen molar-refractivity contribution in [1.29, 1.82) is 0 Å². The summed E-state index contributed by atoms with van der Waals surface area (Å²) in [4.78, 5) is 28.8. The van der Waals surface area contributed by atoms with E-state index in [0.717, 1.165) is 18.1 Å². The van der Waals surface area contributed by atoms with Crippen LogP contribution >= 0.6 is 23.5 Å². The molecule has 0 aromatic heterocycles. The Morgan fingerprint density at radius 1 is 0.854 bits per heavy atom. The lowest BCUT2D eigenvalue weighted by molar-refractivity contribution is -0.130. The highest BCUT2D eigenvalue weighted by Gasteiger charge is 2.46. The van der Waals surface area contributed by atoms with Crippen LogP contribution in [0.1, 0.15) is 16.7 Å². The lowest BCUT2D eigenvalue weighted by Gasteiger charge is -2.34. The van der Waals surface area contributed by atoms with Gasteiger partial charge in [0.2, 0.25) is 14.2 Å². The fourth-order valence-electron chi connectivity index (χ4n) is 4.93. The van der Waals surface area contributed by atoms with Crippen LogP contribution in [0.5, 0.6) is 0 Å². The van der Waals surface area contributed by atoms with E-state index in [2.05, 4.69) is 53.2 Å². The summed E-state index contributed by atoms with van der Waals surface area (Å²) in [6.07, 6.45) is 1.67. The van der Waals surface area contributed by atoms with E-state index >= 15 is 0 Å². The van der Waals surface area contributed by atoms with Crippen LogP contribution in [0, 0.1) is 0 Å². The average Bonchev–Trinajstić information content (AvgIpc) is 3.46. The predicted octanol–water partition coefficient (Wildman–Crippen LogP) is 5.21. The number of amidine groups is 2. The van der Waals surface area contributed by atoms with Gasteiger partial charge in [0.05, 0.1) is 5.75 Å². The SMILES string of the molecule is C=CCN1C(=O)C(O[Si](Cc2ccccc2)(Cc2ccccc2)Cc2ccccc2)SC1=NN=C1SCC(=O)N1C. The van der Waals surface area contributed by atoms with Crippen molar-refractivity contribution in [2.45, 2.75) is 23.6 Å². The fourth-order valence-corrected chi connectivity index (χ4v) is 11.5. The molecule has 0 aliphatic carbocycles. The Morgan fingerprint density at radius 3 is 1.78 bits per heavy atom. The first-order valence-corrected chi connectivity index (χ1v) is 17.8. The van der Waals surface area contributed by atoms with Crippen molar-refractivity contribution in [2.24, 2.45) is 10.2 Å². The molecule has 0 radical (unpaired) electrons. The lowest BCUT2D eigenvalue weighted by Crippen LogP contribution is -2.51. The smallest absolute Gasteiger partial charge is 0.267 e. The topological polar surface area (TPSA) is 74.6 Å². The molecule has 41 heavy (non-hydrogen) atoms. The monoisotopic (exact) mass is 600 g/mol. The number of benzene rings is 3. The Labute approximate surface area is 250 Å². The Kier molecular flexibility index (Phi) is 9.55. The molecular formula is C31H32N4O3S2Si. The molecular weight excluding hydrogens is 569 g/mol. The molecule has 3 aromatic carbocycles. The van der Waals surface area contributed by atoms with Gasteiger partial charge in [0.1, 0.15) is 0 Å². The highest BCUT2D eigenvalue weighted by molar-refractivity contribution is 8.15. The van der Waals surface area contributed by atoms with Gasteiger partial charge in [-0.1, -0.05) is 109 Å². The Bertz CT molecular complexity index is 1340. The number of amides is 2. The third kappa shape index (κ3) is 7.26. The minimum Gasteiger partial charge on any atom is -0.396 e. The van der Waals surface area contributed by atoms with Gasteiger partial charge in [-0.3, -0.25) is 19.4 Å². The van der Waals surface area contributed by atoms with Crippen molar-refractivity contribution >= 4 is 54.0 Å². The minimum atomic E-state index is -2.72. The minimum absolute atomic E-state index is 0.0215. The maximum absolute atomic E-state index is 13.8. The summed E-state index contributed by atoms with van der Waals surface area (Å²) in [5, 5.41) is 9.70. The van der Waals surface area contributed by atoms with Crippen LogP contribution in [0.15, 0.2) is 114 Å². The maximum atomic E-state index is 13.8. The second-order valence-corrected chi connectivity index (χ2v) is 15.6. The van der Waals surface area contributed by atoms with Gasteiger partial charge in [0.15, 0.2) is 15.8 Å². The Hall–Kier alpha value is -3.44. The van der Waals surface area contributed by atoms with E-state index in [1.165, 1.54) is 45.1 Å². The van der Waals surface area contributed by atoms with E-state index in [1.54, 1.807) is 18.0 Å². The van der Waals surface area contributed by atoms with Crippen LogP contribution in [0.2, 0.25) is 0 Å². The third-order valence-electron chi connectivity index (χ3n) is 6.89. The Balaban J connectivity index is 1.51. The highest BCUT2D eigenvalue weighted by Crippen LogP contribution is 2.34. The molecule has 1 atom stereocenters. The van der Waals surface area contributed by atoms with Gasteiger partial charge in [0.25, 0.3) is 5.91 Å². The Morgan fingerprint density at radius 2 is 1.34 bits per heavy atom. The van der Waals surface area contributed by atoms with Gasteiger partial charge >= 0.3 is 0 Å². The van der Waals surface area contributed by atoms with Gasteiger partial charge in [-0.05, 0) is 46.6 Å². The second kappa shape index (κ2) is 13.5. The van der Waals surface area contributed by atoms with Crippen molar-refractivity contribution in [3.63, 3.8) is 0 Å². The molecule has 10 heteroatoms. The molecule has 5 rings (SSSR count). The van der Waals surface area contributed by atoms with Crippen LogP contribution in [0.25, 0.3) is 0 Å². The number of hydrogen-bond donors (Lipinski definition) is 0. The molecule has 0 saturated carbocycles.